The van der Waals surface area contributed by atoms with E-state index in [4.69, 9.17) is 4.74 Å². The number of imidazole rings is 1. The summed E-state index contributed by atoms with van der Waals surface area (Å²) in [4.78, 5) is 21.5. The van der Waals surface area contributed by atoms with Gasteiger partial charge in [-0.1, -0.05) is 0 Å². The summed E-state index contributed by atoms with van der Waals surface area (Å²) < 4.78 is 5.79. The highest BCUT2D eigenvalue weighted by atomic mass is 16.5. The van der Waals surface area contributed by atoms with Gasteiger partial charge in [-0.25, -0.2) is 9.78 Å². The second-order valence-corrected chi connectivity index (χ2v) is 6.41. The highest BCUT2D eigenvalue weighted by Gasteiger charge is 2.26. The second-order valence-electron chi connectivity index (χ2n) is 6.41. The van der Waals surface area contributed by atoms with Crippen LogP contribution in [-0.4, -0.2) is 35.2 Å². The molecule has 0 radical (unpaired) electrons. The molecule has 2 heterocycles. The van der Waals surface area contributed by atoms with E-state index in [0.717, 1.165) is 42.0 Å². The maximum Gasteiger partial charge on any atom is 0.322 e. The standard InChI is InChI=1S/C19H22N4O2/c1-2-23(19(24)22-14-3-4-14)16-5-6-18-17(10-16)13(7-8-25-18)9-15-11-20-12-21-15/h5-6,9-12,14H,2-4,7-8H2,1H3,(H,20,21)(H,22,24)/b13-9+. The van der Waals surface area contributed by atoms with Crippen molar-refractivity contribution in [1.82, 2.24) is 15.3 Å². The van der Waals surface area contributed by atoms with Gasteiger partial charge in [0.25, 0.3) is 0 Å². The Morgan fingerprint density at radius 1 is 1.48 bits per heavy atom. The molecule has 25 heavy (non-hydrogen) atoms. The Hall–Kier alpha value is -2.76. The van der Waals surface area contributed by atoms with Crippen molar-refractivity contribution in [3.8, 4) is 5.75 Å². The predicted octanol–water partition coefficient (Wildman–Crippen LogP) is 3.43. The number of nitrogens with one attached hydrogen (secondary N) is 2. The van der Waals surface area contributed by atoms with Gasteiger partial charge in [-0.05, 0) is 49.6 Å². The number of urea groups is 1. The molecule has 130 valence electrons. The fraction of sp³-hybridized carbons (Fsp3) is 0.368. The minimum absolute atomic E-state index is 0.0282. The lowest BCUT2D eigenvalue weighted by atomic mass is 9.98. The number of H-pyrrole nitrogens is 1. The van der Waals surface area contributed by atoms with Crippen molar-refractivity contribution in [2.75, 3.05) is 18.1 Å². The number of carbonyl (C=O) groups excluding carboxylic acids is 1. The first kappa shape index (κ1) is 15.7. The monoisotopic (exact) mass is 338 g/mol. The second kappa shape index (κ2) is 6.63. The number of rotatable bonds is 4. The molecule has 1 aromatic heterocycles. The molecule has 0 bridgehead atoms. The predicted molar refractivity (Wildman–Crippen MR) is 97.6 cm³/mol. The largest absolute Gasteiger partial charge is 0.493 e. The number of aromatic amines is 1. The SMILES string of the molecule is CCN(C(=O)NC1CC1)c1ccc2c(c1)/C(=C/c1c[nH]cn1)CCO2. The Morgan fingerprint density at radius 2 is 2.36 bits per heavy atom. The number of nitrogens with zero attached hydrogens (tertiary/aromatic N) is 2. The average molecular weight is 338 g/mol. The summed E-state index contributed by atoms with van der Waals surface area (Å²) in [5.41, 5.74) is 3.99. The minimum atomic E-state index is -0.0282. The third kappa shape index (κ3) is 3.38. The molecule has 2 aromatic rings. The van der Waals surface area contributed by atoms with Crippen LogP contribution in [0.4, 0.5) is 10.5 Å². The van der Waals surface area contributed by atoms with Gasteiger partial charge in [0.15, 0.2) is 0 Å². The van der Waals surface area contributed by atoms with Crippen molar-refractivity contribution in [2.24, 2.45) is 0 Å². The number of hydrogen-bond acceptors (Lipinski definition) is 3. The van der Waals surface area contributed by atoms with E-state index >= 15 is 0 Å². The van der Waals surface area contributed by atoms with Gasteiger partial charge in [0.2, 0.25) is 0 Å². The van der Waals surface area contributed by atoms with Crippen molar-refractivity contribution in [1.29, 1.82) is 0 Å². The molecule has 1 aliphatic carbocycles. The van der Waals surface area contributed by atoms with Crippen LogP contribution < -0.4 is 15.0 Å². The van der Waals surface area contributed by atoms with Crippen molar-refractivity contribution < 1.29 is 9.53 Å². The highest BCUT2D eigenvalue weighted by Crippen LogP contribution is 2.37. The molecule has 1 fully saturated rings. The van der Waals surface area contributed by atoms with Crippen LogP contribution in [0.1, 0.15) is 37.4 Å². The summed E-state index contributed by atoms with van der Waals surface area (Å²) in [6.45, 7) is 3.27. The van der Waals surface area contributed by atoms with E-state index in [0.29, 0.717) is 19.2 Å². The summed E-state index contributed by atoms with van der Waals surface area (Å²) >= 11 is 0. The summed E-state index contributed by atoms with van der Waals surface area (Å²) in [7, 11) is 0. The van der Waals surface area contributed by atoms with Crippen LogP contribution in [0.25, 0.3) is 11.6 Å². The van der Waals surface area contributed by atoms with Gasteiger partial charge in [-0.3, -0.25) is 4.90 Å². The summed E-state index contributed by atoms with van der Waals surface area (Å²) in [5.74, 6) is 0.857. The maximum absolute atomic E-state index is 12.5. The fourth-order valence-corrected chi connectivity index (χ4v) is 3.07. The van der Waals surface area contributed by atoms with Crippen LogP contribution in [0.15, 0.2) is 30.7 Å². The van der Waals surface area contributed by atoms with E-state index in [-0.39, 0.29) is 6.03 Å². The molecule has 0 saturated heterocycles. The lowest BCUT2D eigenvalue weighted by Gasteiger charge is -2.25. The molecular weight excluding hydrogens is 316 g/mol. The third-order valence-corrected chi connectivity index (χ3v) is 4.56. The molecule has 0 unspecified atom stereocenters. The average Bonchev–Trinajstić information content (AvgIpc) is 3.28. The van der Waals surface area contributed by atoms with Crippen molar-refractivity contribution in [3.05, 3.63) is 42.0 Å². The number of amides is 2. The zero-order chi connectivity index (χ0) is 17.2. The molecule has 1 aromatic carbocycles. The smallest absolute Gasteiger partial charge is 0.322 e. The Morgan fingerprint density at radius 3 is 3.08 bits per heavy atom. The van der Waals surface area contributed by atoms with Crippen molar-refractivity contribution >= 4 is 23.4 Å². The van der Waals surface area contributed by atoms with E-state index in [2.05, 4.69) is 21.4 Å². The van der Waals surface area contributed by atoms with E-state index in [1.165, 1.54) is 5.57 Å². The van der Waals surface area contributed by atoms with Gasteiger partial charge in [0.05, 0.1) is 18.6 Å². The zero-order valence-corrected chi connectivity index (χ0v) is 14.3. The van der Waals surface area contributed by atoms with E-state index in [1.807, 2.05) is 31.3 Å². The normalized spacial score (nSPS) is 17.7. The molecule has 2 amide bonds. The van der Waals surface area contributed by atoms with E-state index in [9.17, 15) is 4.79 Å². The van der Waals surface area contributed by atoms with Crippen LogP contribution in [0.3, 0.4) is 0 Å². The summed E-state index contributed by atoms with van der Waals surface area (Å²) in [6.07, 6.45) is 8.60. The number of carbonyl (C=O) groups is 1. The van der Waals surface area contributed by atoms with Gasteiger partial charge < -0.3 is 15.0 Å². The number of fused-ring (bicyclic) bond motifs is 1. The molecule has 0 spiro atoms. The first-order valence-corrected chi connectivity index (χ1v) is 8.79. The lowest BCUT2D eigenvalue weighted by molar-refractivity contribution is 0.246. The first-order chi connectivity index (χ1) is 12.2. The van der Waals surface area contributed by atoms with E-state index < -0.39 is 0 Å². The van der Waals surface area contributed by atoms with Crippen LogP contribution in [-0.2, 0) is 0 Å². The van der Waals surface area contributed by atoms with Gasteiger partial charge in [0.1, 0.15) is 5.75 Å². The number of anilines is 1. The van der Waals surface area contributed by atoms with Gasteiger partial charge >= 0.3 is 6.03 Å². The Balaban J connectivity index is 1.65. The lowest BCUT2D eigenvalue weighted by Crippen LogP contribution is -2.41. The Bertz CT molecular complexity index is 794. The molecule has 2 aliphatic rings. The summed E-state index contributed by atoms with van der Waals surface area (Å²) in [5, 5.41) is 3.06. The molecule has 1 aliphatic heterocycles. The van der Waals surface area contributed by atoms with Crippen molar-refractivity contribution in [3.63, 3.8) is 0 Å². The number of benzene rings is 1. The Labute approximate surface area is 146 Å². The van der Waals surface area contributed by atoms with Crippen molar-refractivity contribution in [2.45, 2.75) is 32.2 Å². The maximum atomic E-state index is 12.5. The zero-order valence-electron chi connectivity index (χ0n) is 14.3. The quantitative estimate of drug-likeness (QED) is 0.897. The van der Waals surface area contributed by atoms with Gasteiger partial charge in [-0.15, -0.1) is 0 Å². The molecule has 0 atom stereocenters. The number of ether oxygens (including phenoxy) is 1. The molecule has 4 rings (SSSR count). The topological polar surface area (TPSA) is 70.2 Å². The molecule has 1 saturated carbocycles. The molecule has 2 N–H and O–H groups in total. The van der Waals surface area contributed by atoms with Gasteiger partial charge in [0, 0.05) is 36.5 Å². The van der Waals surface area contributed by atoms with Crippen LogP contribution in [0.5, 0.6) is 5.75 Å². The fourth-order valence-electron chi connectivity index (χ4n) is 3.07. The van der Waals surface area contributed by atoms with Gasteiger partial charge in [-0.2, -0.15) is 0 Å². The molecule has 6 nitrogen and oxygen atoms in total. The highest BCUT2D eigenvalue weighted by molar-refractivity contribution is 5.94. The first-order valence-electron chi connectivity index (χ1n) is 8.79. The van der Waals surface area contributed by atoms with Crippen LogP contribution >= 0.6 is 0 Å². The molecular formula is C19H22N4O2. The molecule has 6 heteroatoms. The Kier molecular flexibility index (Phi) is 4.17. The number of aromatic nitrogens is 2. The number of hydrogen-bond donors (Lipinski definition) is 2. The van der Waals surface area contributed by atoms with Crippen LogP contribution in [0, 0.1) is 0 Å². The van der Waals surface area contributed by atoms with E-state index in [1.54, 1.807) is 11.2 Å². The third-order valence-electron chi connectivity index (χ3n) is 4.56. The summed E-state index contributed by atoms with van der Waals surface area (Å²) in [6, 6.07) is 6.27. The minimum Gasteiger partial charge on any atom is -0.493 e. The van der Waals surface area contributed by atoms with Crippen LogP contribution in [0.2, 0.25) is 0 Å².